The lowest BCUT2D eigenvalue weighted by atomic mass is 9.85. The fourth-order valence-electron chi connectivity index (χ4n) is 4.59. The second-order valence-electron chi connectivity index (χ2n) is 9.36. The van der Waals surface area contributed by atoms with Crippen LogP contribution in [0.3, 0.4) is 0 Å². The first-order chi connectivity index (χ1) is 16.4. The topological polar surface area (TPSA) is 125 Å². The standard InChI is InChI=1S/C24H34N6O4/c1-4-30(14-16-7-5-8-16)24(32)34-23-21(27-28-29(23)3)19-11-12-20(15(2)26-19)33-18-10-6-9-17(13-18)22(25)31/h11-12,16-18H,4-10,13-14H2,1-3H3,(H2,25,31)/t17-,18-/m0/s1. The van der Waals surface area contributed by atoms with Crippen molar-refractivity contribution in [1.29, 1.82) is 0 Å². The van der Waals surface area contributed by atoms with Crippen LogP contribution in [0.4, 0.5) is 4.79 Å². The summed E-state index contributed by atoms with van der Waals surface area (Å²) in [6.07, 6.45) is 6.29. The molecule has 2 aliphatic carbocycles. The molecule has 2 atom stereocenters. The third-order valence-electron chi connectivity index (χ3n) is 6.90. The van der Waals surface area contributed by atoms with Gasteiger partial charge in [-0.2, -0.15) is 0 Å². The summed E-state index contributed by atoms with van der Waals surface area (Å²) >= 11 is 0. The number of carbonyl (C=O) groups excluding carboxylic acids is 2. The molecule has 2 fully saturated rings. The van der Waals surface area contributed by atoms with Crippen molar-refractivity contribution in [2.45, 2.75) is 64.9 Å². The SMILES string of the molecule is CCN(CC1CCC1)C(=O)Oc1c(-c2ccc(O[C@H]3CCC[C@H](C(N)=O)C3)c(C)n2)nnn1C. The monoisotopic (exact) mass is 470 g/mol. The molecule has 10 nitrogen and oxygen atoms in total. The van der Waals surface area contributed by atoms with Gasteiger partial charge >= 0.3 is 6.09 Å². The zero-order valence-corrected chi connectivity index (χ0v) is 20.2. The highest BCUT2D eigenvalue weighted by Crippen LogP contribution is 2.32. The van der Waals surface area contributed by atoms with Gasteiger partial charge in [0.1, 0.15) is 5.75 Å². The Bertz CT molecular complexity index is 1030. The predicted molar refractivity (Wildman–Crippen MR) is 125 cm³/mol. The molecule has 2 amide bonds. The summed E-state index contributed by atoms with van der Waals surface area (Å²) in [4.78, 5) is 30.8. The quantitative estimate of drug-likeness (QED) is 0.628. The van der Waals surface area contributed by atoms with Gasteiger partial charge in [-0.15, -0.1) is 5.10 Å². The number of primary amides is 1. The van der Waals surface area contributed by atoms with E-state index in [0.717, 1.165) is 32.1 Å². The number of rotatable bonds is 8. The van der Waals surface area contributed by atoms with Crippen molar-refractivity contribution in [3.05, 3.63) is 17.8 Å². The predicted octanol–water partition coefficient (Wildman–Crippen LogP) is 3.23. The molecule has 184 valence electrons. The highest BCUT2D eigenvalue weighted by Gasteiger charge is 2.28. The number of aryl methyl sites for hydroxylation is 2. The van der Waals surface area contributed by atoms with Crippen molar-refractivity contribution in [2.75, 3.05) is 13.1 Å². The fourth-order valence-corrected chi connectivity index (χ4v) is 4.59. The molecule has 10 heteroatoms. The summed E-state index contributed by atoms with van der Waals surface area (Å²) < 4.78 is 13.3. The second-order valence-corrected chi connectivity index (χ2v) is 9.36. The van der Waals surface area contributed by atoms with Gasteiger partial charge in [0.2, 0.25) is 5.91 Å². The van der Waals surface area contributed by atoms with Crippen LogP contribution in [-0.2, 0) is 11.8 Å². The van der Waals surface area contributed by atoms with E-state index in [1.807, 2.05) is 19.9 Å². The Kier molecular flexibility index (Phi) is 7.33. The molecule has 2 heterocycles. The molecule has 0 bridgehead atoms. The van der Waals surface area contributed by atoms with Gasteiger partial charge in [0.05, 0.1) is 17.5 Å². The van der Waals surface area contributed by atoms with Crippen molar-refractivity contribution >= 4 is 12.0 Å². The molecule has 0 aliphatic heterocycles. The molecule has 34 heavy (non-hydrogen) atoms. The van der Waals surface area contributed by atoms with Crippen LogP contribution in [0.1, 0.15) is 57.6 Å². The van der Waals surface area contributed by atoms with Crippen LogP contribution in [0.15, 0.2) is 12.1 Å². The minimum atomic E-state index is -0.404. The average Bonchev–Trinajstić information content (AvgIpc) is 3.14. The number of hydrogen-bond acceptors (Lipinski definition) is 7. The van der Waals surface area contributed by atoms with Gasteiger partial charge in [-0.25, -0.2) is 14.5 Å². The molecule has 2 aromatic rings. The number of ether oxygens (including phenoxy) is 2. The third kappa shape index (κ3) is 5.31. The van der Waals surface area contributed by atoms with Crippen LogP contribution in [0, 0.1) is 18.8 Å². The van der Waals surface area contributed by atoms with Crippen LogP contribution < -0.4 is 15.2 Å². The van der Waals surface area contributed by atoms with E-state index in [-0.39, 0.29) is 23.8 Å². The number of amides is 2. The highest BCUT2D eigenvalue weighted by atomic mass is 16.6. The van der Waals surface area contributed by atoms with E-state index in [9.17, 15) is 9.59 Å². The molecule has 0 unspecified atom stereocenters. The Hall–Kier alpha value is -3.17. The molecule has 4 rings (SSSR count). The van der Waals surface area contributed by atoms with Crippen LogP contribution in [0.2, 0.25) is 0 Å². The Balaban J connectivity index is 1.47. The van der Waals surface area contributed by atoms with Crippen LogP contribution in [-0.4, -0.2) is 56.1 Å². The molecule has 2 N–H and O–H groups in total. The summed E-state index contributed by atoms with van der Waals surface area (Å²) in [5.74, 6) is 1.05. The number of aromatic nitrogens is 4. The Morgan fingerprint density at radius 3 is 2.62 bits per heavy atom. The van der Waals surface area contributed by atoms with Crippen molar-refractivity contribution < 1.29 is 19.1 Å². The molecule has 2 aromatic heterocycles. The van der Waals surface area contributed by atoms with Crippen LogP contribution in [0.25, 0.3) is 11.4 Å². The molecular weight excluding hydrogens is 436 g/mol. The number of nitrogens with two attached hydrogens (primary N) is 1. The number of carbonyl (C=O) groups is 2. The van der Waals surface area contributed by atoms with Crippen molar-refractivity contribution in [2.24, 2.45) is 24.6 Å². The van der Waals surface area contributed by atoms with Gasteiger partial charge in [-0.3, -0.25) is 4.79 Å². The zero-order valence-electron chi connectivity index (χ0n) is 20.2. The summed E-state index contributed by atoms with van der Waals surface area (Å²) in [6, 6.07) is 3.62. The van der Waals surface area contributed by atoms with Crippen LogP contribution >= 0.6 is 0 Å². The van der Waals surface area contributed by atoms with E-state index in [1.54, 1.807) is 18.0 Å². The maximum atomic E-state index is 12.8. The highest BCUT2D eigenvalue weighted by molar-refractivity contribution is 5.76. The van der Waals surface area contributed by atoms with E-state index in [4.69, 9.17) is 15.2 Å². The Morgan fingerprint density at radius 2 is 1.97 bits per heavy atom. The summed E-state index contributed by atoms with van der Waals surface area (Å²) in [7, 11) is 1.68. The van der Waals surface area contributed by atoms with Crippen molar-refractivity contribution in [3.63, 3.8) is 0 Å². The molecule has 0 radical (unpaired) electrons. The number of nitrogens with zero attached hydrogens (tertiary/aromatic N) is 5. The normalized spacial score (nSPS) is 20.4. The second kappa shape index (κ2) is 10.4. The van der Waals surface area contributed by atoms with Gasteiger partial charge in [0.25, 0.3) is 5.88 Å². The van der Waals surface area contributed by atoms with E-state index < -0.39 is 6.09 Å². The van der Waals surface area contributed by atoms with Crippen LogP contribution in [0.5, 0.6) is 11.6 Å². The summed E-state index contributed by atoms with van der Waals surface area (Å²) in [6.45, 7) is 5.09. The molecular formula is C24H34N6O4. The average molecular weight is 471 g/mol. The first kappa shape index (κ1) is 24.0. The van der Waals surface area contributed by atoms with E-state index in [2.05, 4.69) is 15.3 Å². The van der Waals surface area contributed by atoms with E-state index >= 15 is 0 Å². The Morgan fingerprint density at radius 1 is 1.21 bits per heavy atom. The summed E-state index contributed by atoms with van der Waals surface area (Å²) in [5, 5.41) is 8.24. The summed E-state index contributed by atoms with van der Waals surface area (Å²) in [5.41, 5.74) is 7.11. The molecule has 0 aromatic carbocycles. The number of hydrogen-bond donors (Lipinski definition) is 1. The van der Waals surface area contributed by atoms with Gasteiger partial charge in [0.15, 0.2) is 5.69 Å². The van der Waals surface area contributed by atoms with E-state index in [1.165, 1.54) is 11.1 Å². The van der Waals surface area contributed by atoms with Crippen molar-refractivity contribution in [1.82, 2.24) is 24.9 Å². The number of pyridine rings is 1. The van der Waals surface area contributed by atoms with Gasteiger partial charge in [0, 0.05) is 26.1 Å². The maximum absolute atomic E-state index is 12.8. The lowest BCUT2D eigenvalue weighted by Gasteiger charge is -2.31. The molecule has 0 saturated heterocycles. The third-order valence-corrected chi connectivity index (χ3v) is 6.90. The fraction of sp³-hybridized carbons (Fsp3) is 0.625. The molecule has 2 aliphatic rings. The zero-order chi connectivity index (χ0) is 24.2. The lowest BCUT2D eigenvalue weighted by Crippen LogP contribution is -2.39. The largest absolute Gasteiger partial charge is 0.489 e. The molecule has 0 spiro atoms. The van der Waals surface area contributed by atoms with Crippen molar-refractivity contribution in [3.8, 4) is 23.0 Å². The van der Waals surface area contributed by atoms with Gasteiger partial charge in [-0.05, 0) is 70.4 Å². The lowest BCUT2D eigenvalue weighted by molar-refractivity contribution is -0.123. The first-order valence-corrected chi connectivity index (χ1v) is 12.2. The first-order valence-electron chi connectivity index (χ1n) is 12.2. The minimum Gasteiger partial charge on any atom is -0.489 e. The van der Waals surface area contributed by atoms with Gasteiger partial charge in [-0.1, -0.05) is 11.6 Å². The molecule has 2 saturated carbocycles. The minimum absolute atomic E-state index is 0.0682. The maximum Gasteiger partial charge on any atom is 0.416 e. The Labute approximate surface area is 199 Å². The smallest absolute Gasteiger partial charge is 0.416 e. The van der Waals surface area contributed by atoms with E-state index in [0.29, 0.717) is 48.3 Å². The van der Waals surface area contributed by atoms with Gasteiger partial charge < -0.3 is 20.1 Å².